The van der Waals surface area contributed by atoms with Gasteiger partial charge in [-0.25, -0.2) is 4.99 Å². The molecule has 0 aromatic rings. The number of nitrogens with zero attached hydrogens (tertiary/aromatic N) is 1. The second-order valence-corrected chi connectivity index (χ2v) is 2.41. The number of allylic oxidation sites excluding steroid dienone is 4. The van der Waals surface area contributed by atoms with Gasteiger partial charge in [0, 0.05) is 6.92 Å². The first-order valence-corrected chi connectivity index (χ1v) is 3.95. The Labute approximate surface area is 83.8 Å². The second-order valence-electron chi connectivity index (χ2n) is 2.41. The predicted octanol–water partition coefficient (Wildman–Crippen LogP) is 2.39. The maximum Gasteiger partial charge on any atom is 0.242 e. The SMILES string of the molecule is C=C/C=C\C(=C)OC(=C)C=NC(C)=O. The number of carbonyl (C=O) groups is 1. The number of aliphatic imine (C=N–C) groups is 1. The van der Waals surface area contributed by atoms with Gasteiger partial charge in [-0.1, -0.05) is 31.9 Å². The van der Waals surface area contributed by atoms with E-state index in [1.165, 1.54) is 13.1 Å². The molecule has 3 nitrogen and oxygen atoms in total. The minimum Gasteiger partial charge on any atom is -0.457 e. The Morgan fingerprint density at radius 1 is 1.36 bits per heavy atom. The van der Waals surface area contributed by atoms with Crippen LogP contribution in [0.4, 0.5) is 0 Å². The van der Waals surface area contributed by atoms with Crippen LogP contribution in [0, 0.1) is 0 Å². The first-order valence-electron chi connectivity index (χ1n) is 3.95. The van der Waals surface area contributed by atoms with Gasteiger partial charge in [-0.3, -0.25) is 4.79 Å². The Balaban J connectivity index is 4.07. The molecule has 0 saturated heterocycles. The molecule has 0 radical (unpaired) electrons. The molecular weight excluding hydrogens is 178 g/mol. The molecule has 0 aliphatic rings. The van der Waals surface area contributed by atoms with Crippen molar-refractivity contribution in [2.75, 3.05) is 0 Å². The third-order valence-corrected chi connectivity index (χ3v) is 1.07. The molecule has 74 valence electrons. The topological polar surface area (TPSA) is 38.7 Å². The Hall–Kier alpha value is -1.90. The summed E-state index contributed by atoms with van der Waals surface area (Å²) in [6, 6.07) is 0. The monoisotopic (exact) mass is 191 g/mol. The summed E-state index contributed by atoms with van der Waals surface area (Å²) < 4.78 is 5.08. The van der Waals surface area contributed by atoms with Crippen molar-refractivity contribution in [1.82, 2.24) is 0 Å². The van der Waals surface area contributed by atoms with Gasteiger partial charge >= 0.3 is 0 Å². The van der Waals surface area contributed by atoms with Crippen molar-refractivity contribution in [3.63, 3.8) is 0 Å². The molecule has 0 aromatic heterocycles. The van der Waals surface area contributed by atoms with Crippen LogP contribution in [0.2, 0.25) is 0 Å². The lowest BCUT2D eigenvalue weighted by Gasteiger charge is -2.02. The van der Waals surface area contributed by atoms with E-state index in [0.717, 1.165) is 0 Å². The summed E-state index contributed by atoms with van der Waals surface area (Å²) >= 11 is 0. The van der Waals surface area contributed by atoms with Gasteiger partial charge < -0.3 is 4.74 Å². The first kappa shape index (κ1) is 12.1. The van der Waals surface area contributed by atoms with Gasteiger partial charge in [0.25, 0.3) is 0 Å². The van der Waals surface area contributed by atoms with Crippen molar-refractivity contribution in [2.24, 2.45) is 4.99 Å². The third kappa shape index (κ3) is 6.79. The van der Waals surface area contributed by atoms with Crippen LogP contribution in [0.1, 0.15) is 6.92 Å². The highest BCUT2D eigenvalue weighted by molar-refractivity contribution is 5.88. The Morgan fingerprint density at radius 3 is 2.50 bits per heavy atom. The molecule has 0 atom stereocenters. The van der Waals surface area contributed by atoms with Crippen LogP contribution in [0.5, 0.6) is 0 Å². The molecule has 14 heavy (non-hydrogen) atoms. The first-order chi connectivity index (χ1) is 6.56. The maximum absolute atomic E-state index is 10.5. The van der Waals surface area contributed by atoms with E-state index in [1.54, 1.807) is 18.2 Å². The van der Waals surface area contributed by atoms with Crippen molar-refractivity contribution in [3.8, 4) is 0 Å². The van der Waals surface area contributed by atoms with E-state index in [0.29, 0.717) is 5.76 Å². The molecule has 0 aromatic carbocycles. The van der Waals surface area contributed by atoms with Crippen LogP contribution in [-0.4, -0.2) is 12.1 Å². The molecule has 3 heteroatoms. The van der Waals surface area contributed by atoms with Gasteiger partial charge in [0.05, 0.1) is 6.21 Å². The van der Waals surface area contributed by atoms with Gasteiger partial charge in [-0.05, 0) is 6.08 Å². The van der Waals surface area contributed by atoms with Crippen LogP contribution in [-0.2, 0) is 9.53 Å². The summed E-state index contributed by atoms with van der Waals surface area (Å²) in [7, 11) is 0. The average Bonchev–Trinajstić information content (AvgIpc) is 2.11. The van der Waals surface area contributed by atoms with Gasteiger partial charge in [0.1, 0.15) is 11.5 Å². The quantitative estimate of drug-likeness (QED) is 0.380. The lowest BCUT2D eigenvalue weighted by atomic mass is 10.4. The number of hydrogen-bond acceptors (Lipinski definition) is 2. The van der Waals surface area contributed by atoms with E-state index in [2.05, 4.69) is 24.7 Å². The molecule has 0 aliphatic heterocycles. The normalized spacial score (nSPS) is 10.4. The third-order valence-electron chi connectivity index (χ3n) is 1.07. The molecule has 0 rings (SSSR count). The molecule has 0 spiro atoms. The highest BCUT2D eigenvalue weighted by Gasteiger charge is 1.92. The van der Waals surface area contributed by atoms with E-state index in [1.807, 2.05) is 0 Å². The van der Waals surface area contributed by atoms with E-state index in [9.17, 15) is 4.79 Å². The zero-order chi connectivity index (χ0) is 11.0. The number of hydrogen-bond donors (Lipinski definition) is 0. The van der Waals surface area contributed by atoms with Gasteiger partial charge in [0.15, 0.2) is 0 Å². The average molecular weight is 191 g/mol. The van der Waals surface area contributed by atoms with Crippen LogP contribution in [0.3, 0.4) is 0 Å². The number of amides is 1. The molecule has 0 heterocycles. The second kappa shape index (κ2) is 6.60. The van der Waals surface area contributed by atoms with Crippen molar-refractivity contribution < 1.29 is 9.53 Å². The molecule has 0 fully saturated rings. The van der Waals surface area contributed by atoms with Gasteiger partial charge in [-0.15, -0.1) is 0 Å². The Bertz CT molecular complexity index is 311. The van der Waals surface area contributed by atoms with Gasteiger partial charge in [-0.2, -0.15) is 0 Å². The minimum atomic E-state index is -0.304. The van der Waals surface area contributed by atoms with E-state index in [4.69, 9.17) is 4.74 Å². The zero-order valence-corrected chi connectivity index (χ0v) is 8.19. The number of carbonyl (C=O) groups excluding carboxylic acids is 1. The maximum atomic E-state index is 10.5. The van der Waals surface area contributed by atoms with Crippen LogP contribution >= 0.6 is 0 Å². The van der Waals surface area contributed by atoms with Crippen molar-refractivity contribution in [3.05, 3.63) is 49.5 Å². The molecule has 0 bridgehead atoms. The highest BCUT2D eigenvalue weighted by atomic mass is 16.5. The smallest absolute Gasteiger partial charge is 0.242 e. The summed E-state index contributed by atoms with van der Waals surface area (Å²) in [5, 5.41) is 0. The van der Waals surface area contributed by atoms with E-state index in [-0.39, 0.29) is 11.7 Å². The largest absolute Gasteiger partial charge is 0.457 e. The molecular formula is C11H13NO2. The number of rotatable bonds is 5. The zero-order valence-electron chi connectivity index (χ0n) is 8.19. The summed E-state index contributed by atoms with van der Waals surface area (Å²) in [5.41, 5.74) is 0. The Kier molecular flexibility index (Phi) is 5.70. The van der Waals surface area contributed by atoms with Crippen molar-refractivity contribution in [2.45, 2.75) is 6.92 Å². The molecule has 0 aliphatic carbocycles. The predicted molar refractivity (Wildman–Crippen MR) is 57.9 cm³/mol. The van der Waals surface area contributed by atoms with Crippen LogP contribution < -0.4 is 0 Å². The molecule has 0 N–H and O–H groups in total. The minimum absolute atomic E-state index is 0.263. The molecule has 0 unspecified atom stereocenters. The summed E-state index contributed by atoms with van der Waals surface area (Å²) in [5.74, 6) is 0.366. The summed E-state index contributed by atoms with van der Waals surface area (Å²) in [6.07, 6.45) is 6.15. The standard InChI is InChI=1S/C11H13NO2/c1-5-6-7-9(2)14-10(3)8-12-11(4)13/h5-8H,1-3H2,4H3/b7-6-,12-8?. The molecule has 1 amide bonds. The lowest BCUT2D eigenvalue weighted by molar-refractivity contribution is -0.115. The van der Waals surface area contributed by atoms with Crippen molar-refractivity contribution >= 4 is 12.1 Å². The van der Waals surface area contributed by atoms with E-state index >= 15 is 0 Å². The fourth-order valence-electron chi connectivity index (χ4n) is 0.567. The number of ether oxygens (including phenoxy) is 1. The highest BCUT2D eigenvalue weighted by Crippen LogP contribution is 2.02. The Morgan fingerprint density at radius 2 is 2.00 bits per heavy atom. The van der Waals surface area contributed by atoms with Gasteiger partial charge in [0.2, 0.25) is 5.91 Å². The summed E-state index contributed by atoms with van der Waals surface area (Å²) in [4.78, 5) is 13.9. The summed E-state index contributed by atoms with van der Waals surface area (Å²) in [6.45, 7) is 12.0. The van der Waals surface area contributed by atoms with Crippen molar-refractivity contribution in [1.29, 1.82) is 0 Å². The fraction of sp³-hybridized carbons (Fsp3) is 0.0909. The lowest BCUT2D eigenvalue weighted by Crippen LogP contribution is -1.92. The van der Waals surface area contributed by atoms with Crippen LogP contribution in [0.25, 0.3) is 0 Å². The fourth-order valence-corrected chi connectivity index (χ4v) is 0.567. The molecule has 0 saturated carbocycles. The van der Waals surface area contributed by atoms with Crippen LogP contribution in [0.15, 0.2) is 54.5 Å². The van der Waals surface area contributed by atoms with E-state index < -0.39 is 0 Å².